The highest BCUT2D eigenvalue weighted by atomic mass is 35.5. The van der Waals surface area contributed by atoms with Crippen molar-refractivity contribution in [2.24, 2.45) is 5.92 Å². The number of aromatic nitrogens is 2. The molecule has 1 aromatic carbocycles. The number of nitrogens with zero attached hydrogens (tertiary/aromatic N) is 2. The van der Waals surface area contributed by atoms with Crippen LogP contribution in [0.3, 0.4) is 0 Å². The standard InChI is InChI=1S/C14H15ClN2OS/c1-10(8-18)9-19-13-7-12(15)16-14(17-13)11-5-3-2-4-6-11/h2-7,10,18H,8-9H2,1H3. The zero-order valence-corrected chi connectivity index (χ0v) is 12.2. The van der Waals surface area contributed by atoms with Crippen LogP contribution in [0.25, 0.3) is 11.4 Å². The molecule has 0 amide bonds. The minimum atomic E-state index is 0.178. The molecule has 0 aliphatic carbocycles. The lowest BCUT2D eigenvalue weighted by Crippen LogP contribution is -2.03. The summed E-state index contributed by atoms with van der Waals surface area (Å²) in [5.74, 6) is 1.67. The van der Waals surface area contributed by atoms with Gasteiger partial charge in [0.25, 0.3) is 0 Å². The average molecular weight is 295 g/mol. The van der Waals surface area contributed by atoms with Gasteiger partial charge in [0, 0.05) is 24.0 Å². The van der Waals surface area contributed by atoms with E-state index >= 15 is 0 Å². The van der Waals surface area contributed by atoms with E-state index in [-0.39, 0.29) is 12.5 Å². The van der Waals surface area contributed by atoms with Crippen molar-refractivity contribution in [2.75, 3.05) is 12.4 Å². The largest absolute Gasteiger partial charge is 0.396 e. The Morgan fingerprint density at radius 1 is 1.26 bits per heavy atom. The first-order chi connectivity index (χ1) is 9.19. The van der Waals surface area contributed by atoms with Gasteiger partial charge in [-0.25, -0.2) is 9.97 Å². The van der Waals surface area contributed by atoms with E-state index in [2.05, 4.69) is 9.97 Å². The molecule has 2 rings (SSSR count). The highest BCUT2D eigenvalue weighted by Crippen LogP contribution is 2.24. The average Bonchev–Trinajstić information content (AvgIpc) is 2.45. The zero-order chi connectivity index (χ0) is 13.7. The van der Waals surface area contributed by atoms with Crippen LogP contribution >= 0.6 is 23.4 Å². The molecule has 0 bridgehead atoms. The van der Waals surface area contributed by atoms with E-state index in [1.54, 1.807) is 17.8 Å². The molecule has 3 nitrogen and oxygen atoms in total. The molecule has 100 valence electrons. The fourth-order valence-corrected chi connectivity index (χ4v) is 2.62. The van der Waals surface area contributed by atoms with Gasteiger partial charge in [0.1, 0.15) is 10.2 Å². The number of aliphatic hydroxyl groups is 1. The fourth-order valence-electron chi connectivity index (χ4n) is 1.47. The second-order valence-corrected chi connectivity index (χ2v) is 5.74. The van der Waals surface area contributed by atoms with Crippen molar-refractivity contribution in [3.05, 3.63) is 41.6 Å². The van der Waals surface area contributed by atoms with Crippen LogP contribution in [-0.2, 0) is 0 Å². The van der Waals surface area contributed by atoms with E-state index in [0.29, 0.717) is 11.0 Å². The molecule has 5 heteroatoms. The van der Waals surface area contributed by atoms with Crippen molar-refractivity contribution in [1.29, 1.82) is 0 Å². The Morgan fingerprint density at radius 3 is 2.68 bits per heavy atom. The van der Waals surface area contributed by atoms with Gasteiger partial charge >= 0.3 is 0 Å². The van der Waals surface area contributed by atoms with Crippen LogP contribution < -0.4 is 0 Å². The van der Waals surface area contributed by atoms with E-state index in [1.807, 2.05) is 37.3 Å². The van der Waals surface area contributed by atoms with Crippen LogP contribution in [-0.4, -0.2) is 27.4 Å². The molecule has 0 saturated carbocycles. The third-order valence-electron chi connectivity index (χ3n) is 2.53. The second-order valence-electron chi connectivity index (χ2n) is 4.32. The quantitative estimate of drug-likeness (QED) is 0.677. The lowest BCUT2D eigenvalue weighted by atomic mass is 10.2. The molecule has 19 heavy (non-hydrogen) atoms. The van der Waals surface area contributed by atoms with Gasteiger partial charge in [-0.2, -0.15) is 0 Å². The van der Waals surface area contributed by atoms with E-state index in [4.69, 9.17) is 16.7 Å². The Balaban J connectivity index is 2.20. The molecular weight excluding hydrogens is 280 g/mol. The summed E-state index contributed by atoms with van der Waals surface area (Å²) >= 11 is 7.62. The summed E-state index contributed by atoms with van der Waals surface area (Å²) < 4.78 is 0. The number of halogens is 1. The second kappa shape index (κ2) is 6.89. The van der Waals surface area contributed by atoms with Crippen molar-refractivity contribution in [3.8, 4) is 11.4 Å². The summed E-state index contributed by atoms with van der Waals surface area (Å²) in [6.45, 7) is 2.17. The first kappa shape index (κ1) is 14.3. The molecule has 1 heterocycles. The van der Waals surface area contributed by atoms with Crippen LogP contribution in [0.15, 0.2) is 41.4 Å². The maximum absolute atomic E-state index is 9.03. The molecule has 1 aromatic heterocycles. The number of benzene rings is 1. The van der Waals surface area contributed by atoms with Gasteiger partial charge in [-0.05, 0) is 5.92 Å². The van der Waals surface area contributed by atoms with E-state index in [9.17, 15) is 0 Å². The van der Waals surface area contributed by atoms with Crippen molar-refractivity contribution in [3.63, 3.8) is 0 Å². The number of rotatable bonds is 5. The first-order valence-electron chi connectivity index (χ1n) is 6.02. The Morgan fingerprint density at radius 2 is 2.00 bits per heavy atom. The fraction of sp³-hybridized carbons (Fsp3) is 0.286. The monoisotopic (exact) mass is 294 g/mol. The molecular formula is C14H15ClN2OS. The van der Waals surface area contributed by atoms with Crippen molar-refractivity contribution < 1.29 is 5.11 Å². The molecule has 0 aliphatic rings. The first-order valence-corrected chi connectivity index (χ1v) is 7.39. The number of hydrogen-bond acceptors (Lipinski definition) is 4. The maximum Gasteiger partial charge on any atom is 0.162 e. The molecule has 2 aromatic rings. The molecule has 0 radical (unpaired) electrons. The summed E-state index contributed by atoms with van der Waals surface area (Å²) in [6, 6.07) is 11.5. The summed E-state index contributed by atoms with van der Waals surface area (Å²) in [7, 11) is 0. The third-order valence-corrected chi connectivity index (χ3v) is 3.97. The number of thioether (sulfide) groups is 1. The van der Waals surface area contributed by atoms with Gasteiger partial charge in [-0.3, -0.25) is 0 Å². The lowest BCUT2D eigenvalue weighted by Gasteiger charge is -2.08. The predicted octanol–water partition coefficient (Wildman–Crippen LogP) is 3.52. The SMILES string of the molecule is CC(CO)CSc1cc(Cl)nc(-c2ccccc2)n1. The zero-order valence-electron chi connectivity index (χ0n) is 10.6. The number of aliphatic hydroxyl groups excluding tert-OH is 1. The van der Waals surface area contributed by atoms with Gasteiger partial charge in [-0.1, -0.05) is 48.9 Å². The topological polar surface area (TPSA) is 46.0 Å². The van der Waals surface area contributed by atoms with Gasteiger partial charge in [0.2, 0.25) is 0 Å². The highest BCUT2D eigenvalue weighted by molar-refractivity contribution is 7.99. The van der Waals surface area contributed by atoms with Crippen LogP contribution in [0, 0.1) is 5.92 Å². The van der Waals surface area contributed by atoms with Crippen LogP contribution in [0.4, 0.5) is 0 Å². The normalized spacial score (nSPS) is 12.4. The van der Waals surface area contributed by atoms with Gasteiger partial charge in [0.05, 0.1) is 0 Å². The lowest BCUT2D eigenvalue weighted by molar-refractivity contribution is 0.250. The van der Waals surface area contributed by atoms with Crippen molar-refractivity contribution >= 4 is 23.4 Å². The van der Waals surface area contributed by atoms with E-state index < -0.39 is 0 Å². The smallest absolute Gasteiger partial charge is 0.162 e. The molecule has 0 aliphatic heterocycles. The Bertz CT molecular complexity index is 536. The minimum Gasteiger partial charge on any atom is -0.396 e. The van der Waals surface area contributed by atoms with Crippen LogP contribution in [0.5, 0.6) is 0 Å². The summed E-state index contributed by atoms with van der Waals surface area (Å²) in [5.41, 5.74) is 0.946. The number of hydrogen-bond donors (Lipinski definition) is 1. The van der Waals surface area contributed by atoms with E-state index in [1.165, 1.54) is 0 Å². The van der Waals surface area contributed by atoms with Crippen molar-refractivity contribution in [1.82, 2.24) is 9.97 Å². The molecule has 0 fully saturated rings. The molecule has 0 spiro atoms. The third kappa shape index (κ3) is 4.20. The van der Waals surface area contributed by atoms with Gasteiger partial charge in [-0.15, -0.1) is 11.8 Å². The minimum absolute atomic E-state index is 0.178. The predicted molar refractivity (Wildman–Crippen MR) is 79.5 cm³/mol. The molecule has 0 saturated heterocycles. The molecule has 1 atom stereocenters. The highest BCUT2D eigenvalue weighted by Gasteiger charge is 2.08. The Hall–Kier alpha value is -1.10. The van der Waals surface area contributed by atoms with Crippen LogP contribution in [0.1, 0.15) is 6.92 Å². The van der Waals surface area contributed by atoms with Gasteiger partial charge < -0.3 is 5.11 Å². The van der Waals surface area contributed by atoms with Crippen molar-refractivity contribution in [2.45, 2.75) is 11.9 Å². The summed E-state index contributed by atoms with van der Waals surface area (Å²) in [5, 5.41) is 10.3. The molecule has 1 unspecified atom stereocenters. The Kier molecular flexibility index (Phi) is 5.19. The summed E-state index contributed by atoms with van der Waals surface area (Å²) in [6.07, 6.45) is 0. The van der Waals surface area contributed by atoms with E-state index in [0.717, 1.165) is 16.3 Å². The maximum atomic E-state index is 9.03. The molecule has 1 N–H and O–H groups in total. The Labute approximate surface area is 122 Å². The summed E-state index contributed by atoms with van der Waals surface area (Å²) in [4.78, 5) is 8.74. The van der Waals surface area contributed by atoms with Crippen LogP contribution in [0.2, 0.25) is 5.15 Å². The van der Waals surface area contributed by atoms with Gasteiger partial charge in [0.15, 0.2) is 5.82 Å².